The number of carboxylic acid groups (broad SMARTS) is 1. The van der Waals surface area contributed by atoms with Crippen LogP contribution in [0.15, 0.2) is 28.7 Å². The van der Waals surface area contributed by atoms with Crippen molar-refractivity contribution in [1.29, 1.82) is 0 Å². The Morgan fingerprint density at radius 3 is 2.79 bits per heavy atom. The van der Waals surface area contributed by atoms with Gasteiger partial charge < -0.3 is 10.4 Å². The Balaban J connectivity index is 2.32. The summed E-state index contributed by atoms with van der Waals surface area (Å²) >= 11 is 5.06. The van der Waals surface area contributed by atoms with Gasteiger partial charge in [0.2, 0.25) is 5.91 Å². The van der Waals surface area contributed by atoms with Crippen molar-refractivity contribution in [3.63, 3.8) is 0 Å². The van der Waals surface area contributed by atoms with E-state index in [-0.39, 0.29) is 5.91 Å². The first-order valence-electron chi connectivity index (χ1n) is 5.81. The molecule has 2 N–H and O–H groups in total. The number of hydrogen-bond donors (Lipinski definition) is 2. The average molecular weight is 346 g/mol. The lowest BCUT2D eigenvalue weighted by atomic mass is 10.2. The maximum absolute atomic E-state index is 10.9. The van der Waals surface area contributed by atoms with Crippen LogP contribution >= 0.6 is 27.7 Å². The van der Waals surface area contributed by atoms with Crippen molar-refractivity contribution in [2.24, 2.45) is 0 Å². The van der Waals surface area contributed by atoms with Gasteiger partial charge in [0.25, 0.3) is 0 Å². The fraction of sp³-hybridized carbons (Fsp3) is 0.385. The molecule has 0 bridgehead atoms. The van der Waals surface area contributed by atoms with Crippen LogP contribution in [0.3, 0.4) is 0 Å². The second-order valence-electron chi connectivity index (χ2n) is 4.06. The van der Waals surface area contributed by atoms with Gasteiger partial charge in [-0.05, 0) is 29.9 Å². The molecule has 1 rings (SSSR count). The van der Waals surface area contributed by atoms with Crippen molar-refractivity contribution in [3.05, 3.63) is 34.3 Å². The molecule has 1 aromatic rings. The number of carboxylic acids is 1. The van der Waals surface area contributed by atoms with E-state index in [4.69, 9.17) is 5.11 Å². The largest absolute Gasteiger partial charge is 0.480 e. The highest BCUT2D eigenvalue weighted by molar-refractivity contribution is 9.10. The lowest BCUT2D eigenvalue weighted by Crippen LogP contribution is -2.39. The number of thioether (sulfide) groups is 1. The van der Waals surface area contributed by atoms with E-state index in [1.807, 2.05) is 24.3 Å². The number of nitrogens with one attached hydrogen (secondary N) is 1. The molecule has 1 unspecified atom stereocenters. The molecule has 1 aromatic carbocycles. The Kier molecular flexibility index (Phi) is 6.94. The molecule has 0 saturated heterocycles. The van der Waals surface area contributed by atoms with E-state index in [2.05, 4.69) is 21.2 Å². The lowest BCUT2D eigenvalue weighted by molar-refractivity contribution is -0.141. The van der Waals surface area contributed by atoms with Gasteiger partial charge in [-0.1, -0.05) is 28.1 Å². The van der Waals surface area contributed by atoms with E-state index in [9.17, 15) is 9.59 Å². The highest BCUT2D eigenvalue weighted by atomic mass is 79.9. The molecule has 1 amide bonds. The molecule has 0 heterocycles. The Morgan fingerprint density at radius 2 is 2.21 bits per heavy atom. The third kappa shape index (κ3) is 6.63. The molecule has 104 valence electrons. The zero-order valence-corrected chi connectivity index (χ0v) is 13.0. The highest BCUT2D eigenvalue weighted by Crippen LogP contribution is 2.18. The zero-order valence-electron chi connectivity index (χ0n) is 10.6. The van der Waals surface area contributed by atoms with Crippen LogP contribution in [0, 0.1) is 0 Å². The summed E-state index contributed by atoms with van der Waals surface area (Å²) in [6.45, 7) is 1.32. The number of hydrogen-bond acceptors (Lipinski definition) is 3. The molecule has 19 heavy (non-hydrogen) atoms. The predicted molar refractivity (Wildman–Crippen MR) is 80.2 cm³/mol. The first-order valence-corrected chi connectivity index (χ1v) is 7.76. The Morgan fingerprint density at radius 1 is 1.47 bits per heavy atom. The number of rotatable bonds is 7. The minimum atomic E-state index is -0.988. The normalized spacial score (nSPS) is 11.9. The van der Waals surface area contributed by atoms with Gasteiger partial charge in [0.1, 0.15) is 6.04 Å². The maximum atomic E-state index is 10.9. The van der Waals surface area contributed by atoms with E-state index in [1.165, 1.54) is 12.5 Å². The standard InChI is InChI=1S/C13H16BrNO3S/c1-9(16)15-12(13(17)18)5-6-19-8-10-3-2-4-11(14)7-10/h2-4,7,12H,5-6,8H2,1H3,(H,15,16)(H,17,18). The van der Waals surface area contributed by atoms with Crippen molar-refractivity contribution < 1.29 is 14.7 Å². The summed E-state index contributed by atoms with van der Waals surface area (Å²) in [4.78, 5) is 21.8. The molecule has 0 aliphatic heterocycles. The summed E-state index contributed by atoms with van der Waals surface area (Å²) in [6.07, 6.45) is 0.424. The molecule has 0 spiro atoms. The Hall–Kier alpha value is -1.01. The average Bonchev–Trinajstić information content (AvgIpc) is 2.32. The number of aliphatic carboxylic acids is 1. The Bertz CT molecular complexity index is 453. The minimum Gasteiger partial charge on any atom is -0.480 e. The fourth-order valence-corrected chi connectivity index (χ4v) is 2.93. The van der Waals surface area contributed by atoms with E-state index in [0.717, 1.165) is 10.2 Å². The van der Waals surface area contributed by atoms with Crippen LogP contribution in [0.2, 0.25) is 0 Å². The van der Waals surface area contributed by atoms with Crippen LogP contribution in [0.5, 0.6) is 0 Å². The van der Waals surface area contributed by atoms with E-state index in [1.54, 1.807) is 11.8 Å². The first-order chi connectivity index (χ1) is 8.99. The molecule has 0 aliphatic rings. The molecule has 0 aliphatic carbocycles. The van der Waals surface area contributed by atoms with E-state index in [0.29, 0.717) is 12.2 Å². The van der Waals surface area contributed by atoms with Crippen LogP contribution in [0.25, 0.3) is 0 Å². The minimum absolute atomic E-state index is 0.315. The van der Waals surface area contributed by atoms with Crippen LogP contribution in [-0.2, 0) is 15.3 Å². The smallest absolute Gasteiger partial charge is 0.326 e. The quantitative estimate of drug-likeness (QED) is 0.745. The van der Waals surface area contributed by atoms with Crippen molar-refractivity contribution in [2.75, 3.05) is 5.75 Å². The molecule has 1 atom stereocenters. The summed E-state index contributed by atoms with van der Waals surface area (Å²) in [5, 5.41) is 11.4. The number of carbonyl (C=O) groups is 2. The van der Waals surface area contributed by atoms with Gasteiger partial charge in [-0.25, -0.2) is 4.79 Å². The number of amides is 1. The van der Waals surface area contributed by atoms with Gasteiger partial charge >= 0.3 is 5.97 Å². The monoisotopic (exact) mass is 345 g/mol. The third-order valence-corrected chi connectivity index (χ3v) is 3.94. The van der Waals surface area contributed by atoms with Crippen LogP contribution in [-0.4, -0.2) is 28.8 Å². The molecule has 0 saturated carbocycles. The second kappa shape index (κ2) is 8.22. The van der Waals surface area contributed by atoms with Gasteiger partial charge in [-0.2, -0.15) is 11.8 Å². The molecular weight excluding hydrogens is 330 g/mol. The van der Waals surface area contributed by atoms with E-state index < -0.39 is 12.0 Å². The summed E-state index contributed by atoms with van der Waals surface area (Å²) in [5.41, 5.74) is 1.19. The summed E-state index contributed by atoms with van der Waals surface area (Å²) in [5.74, 6) is 0.206. The molecule has 0 aromatic heterocycles. The van der Waals surface area contributed by atoms with Crippen LogP contribution in [0.4, 0.5) is 0 Å². The molecule has 4 nitrogen and oxygen atoms in total. The number of carbonyl (C=O) groups excluding carboxylic acids is 1. The van der Waals surface area contributed by atoms with Crippen molar-refractivity contribution in [3.8, 4) is 0 Å². The predicted octanol–water partition coefficient (Wildman–Crippen LogP) is 2.66. The number of benzene rings is 1. The molecule has 0 radical (unpaired) electrons. The SMILES string of the molecule is CC(=O)NC(CCSCc1cccc(Br)c1)C(=O)O. The third-order valence-electron chi connectivity index (χ3n) is 2.38. The van der Waals surface area contributed by atoms with Crippen molar-refractivity contribution in [1.82, 2.24) is 5.32 Å². The maximum Gasteiger partial charge on any atom is 0.326 e. The molecule has 0 fully saturated rings. The van der Waals surface area contributed by atoms with Gasteiger partial charge in [0.15, 0.2) is 0 Å². The fourth-order valence-electron chi connectivity index (χ4n) is 1.52. The van der Waals surface area contributed by atoms with E-state index >= 15 is 0 Å². The van der Waals surface area contributed by atoms with Crippen LogP contribution in [0.1, 0.15) is 18.9 Å². The topological polar surface area (TPSA) is 66.4 Å². The highest BCUT2D eigenvalue weighted by Gasteiger charge is 2.17. The summed E-state index contributed by atoms with van der Waals surface area (Å²) in [6, 6.07) is 7.20. The van der Waals surface area contributed by atoms with Crippen molar-refractivity contribution >= 4 is 39.6 Å². The first kappa shape index (κ1) is 16.0. The van der Waals surface area contributed by atoms with Gasteiger partial charge in [0, 0.05) is 17.1 Å². The van der Waals surface area contributed by atoms with Gasteiger partial charge in [-0.3, -0.25) is 4.79 Å². The van der Waals surface area contributed by atoms with Crippen LogP contribution < -0.4 is 5.32 Å². The van der Waals surface area contributed by atoms with Gasteiger partial charge in [-0.15, -0.1) is 0 Å². The Labute approximate surface area is 125 Å². The molecule has 6 heteroatoms. The number of halogens is 1. The van der Waals surface area contributed by atoms with Gasteiger partial charge in [0.05, 0.1) is 0 Å². The lowest BCUT2D eigenvalue weighted by Gasteiger charge is -2.12. The zero-order chi connectivity index (χ0) is 14.3. The summed E-state index contributed by atoms with van der Waals surface area (Å²) < 4.78 is 1.03. The summed E-state index contributed by atoms with van der Waals surface area (Å²) in [7, 11) is 0. The second-order valence-corrected chi connectivity index (χ2v) is 6.08. The van der Waals surface area contributed by atoms with Crippen molar-refractivity contribution in [2.45, 2.75) is 25.1 Å². The molecular formula is C13H16BrNO3S.